The molecule has 0 saturated carbocycles. The topological polar surface area (TPSA) is 49.6 Å². The second-order valence-corrected chi connectivity index (χ2v) is 8.17. The van der Waals surface area contributed by atoms with Gasteiger partial charge < -0.3 is 14.6 Å². The highest BCUT2D eigenvalue weighted by molar-refractivity contribution is 5.99. The zero-order valence-electron chi connectivity index (χ0n) is 16.1. The van der Waals surface area contributed by atoms with Gasteiger partial charge in [0.05, 0.1) is 5.52 Å². The number of rotatable bonds is 5. The summed E-state index contributed by atoms with van der Waals surface area (Å²) in [6, 6.07) is 5.92. The summed E-state index contributed by atoms with van der Waals surface area (Å²) in [5.41, 5.74) is 0.144. The van der Waals surface area contributed by atoms with Crippen LogP contribution in [0.15, 0.2) is 24.4 Å². The number of amides is 1. The number of nitrogens with one attached hydrogen (secondary N) is 1. The molecule has 0 unspecified atom stereocenters. The van der Waals surface area contributed by atoms with Crippen LogP contribution >= 0.6 is 0 Å². The molecule has 2 aromatic rings. The van der Waals surface area contributed by atoms with Crippen molar-refractivity contribution in [3.63, 3.8) is 0 Å². The second-order valence-electron chi connectivity index (χ2n) is 8.17. The fraction of sp³-hybridized carbons (Fsp3) is 0.600. The molecule has 2 aromatic heterocycles. The highest BCUT2D eigenvalue weighted by atomic mass is 19.1. The van der Waals surface area contributed by atoms with Gasteiger partial charge in [0.2, 0.25) is 0 Å². The van der Waals surface area contributed by atoms with Crippen LogP contribution in [0.3, 0.4) is 0 Å². The summed E-state index contributed by atoms with van der Waals surface area (Å²) >= 11 is 0. The summed E-state index contributed by atoms with van der Waals surface area (Å²) in [5.74, 6) is 1.01. The second kappa shape index (κ2) is 7.35. The van der Waals surface area contributed by atoms with Gasteiger partial charge in [-0.1, -0.05) is 19.9 Å². The summed E-state index contributed by atoms with van der Waals surface area (Å²) in [6.45, 7) is 9.42. The Bertz CT molecular complexity index is 770. The molecule has 0 bridgehead atoms. The molecular formula is C20H29FN4O. The third-order valence-electron chi connectivity index (χ3n) is 4.83. The van der Waals surface area contributed by atoms with Crippen molar-refractivity contribution in [2.45, 2.75) is 58.2 Å². The van der Waals surface area contributed by atoms with Gasteiger partial charge in [-0.15, -0.1) is 0 Å². The lowest BCUT2D eigenvalue weighted by molar-refractivity contribution is 0.0844. The van der Waals surface area contributed by atoms with Gasteiger partial charge in [-0.2, -0.15) is 0 Å². The van der Waals surface area contributed by atoms with Gasteiger partial charge >= 0.3 is 0 Å². The number of alkyl halides is 1. The molecule has 1 fully saturated rings. The summed E-state index contributed by atoms with van der Waals surface area (Å²) in [4.78, 5) is 19.6. The van der Waals surface area contributed by atoms with Crippen LogP contribution in [-0.2, 0) is 0 Å². The molecule has 0 spiro atoms. The molecule has 0 radical (unpaired) electrons. The van der Waals surface area contributed by atoms with Crippen molar-refractivity contribution in [3.05, 3.63) is 35.9 Å². The Labute approximate surface area is 154 Å². The van der Waals surface area contributed by atoms with Crippen molar-refractivity contribution in [1.82, 2.24) is 19.6 Å². The van der Waals surface area contributed by atoms with E-state index in [0.29, 0.717) is 12.2 Å². The molecule has 0 aliphatic carbocycles. The van der Waals surface area contributed by atoms with Crippen LogP contribution < -0.4 is 5.32 Å². The number of hydrogen-bond donors (Lipinski definition) is 1. The van der Waals surface area contributed by atoms with Crippen LogP contribution in [-0.4, -0.2) is 51.5 Å². The number of imidazole rings is 1. The van der Waals surface area contributed by atoms with Crippen LogP contribution in [0, 0.1) is 0 Å². The van der Waals surface area contributed by atoms with Crippen LogP contribution in [0.2, 0.25) is 0 Å². The molecule has 3 heterocycles. The molecule has 1 aliphatic heterocycles. The lowest BCUT2D eigenvalue weighted by atomic mass is 10.0. The number of likely N-dealkylation sites (tertiary alicyclic amines) is 1. The van der Waals surface area contributed by atoms with Gasteiger partial charge in [-0.05, 0) is 38.8 Å². The zero-order valence-corrected chi connectivity index (χ0v) is 16.1. The Morgan fingerprint density at radius 1 is 1.35 bits per heavy atom. The Morgan fingerprint density at radius 3 is 2.65 bits per heavy atom. The maximum Gasteiger partial charge on any atom is 0.272 e. The minimum atomic E-state index is -1.18. The first-order valence-electron chi connectivity index (χ1n) is 9.44. The van der Waals surface area contributed by atoms with Crippen LogP contribution in [0.4, 0.5) is 4.39 Å². The van der Waals surface area contributed by atoms with E-state index in [0.717, 1.165) is 37.3 Å². The average molecular weight is 360 g/mol. The summed E-state index contributed by atoms with van der Waals surface area (Å²) in [7, 11) is 0. The van der Waals surface area contributed by atoms with E-state index in [1.807, 2.05) is 28.8 Å². The Morgan fingerprint density at radius 2 is 2.04 bits per heavy atom. The van der Waals surface area contributed by atoms with E-state index in [4.69, 9.17) is 0 Å². The number of pyridine rings is 1. The molecule has 1 N–H and O–H groups in total. The van der Waals surface area contributed by atoms with E-state index < -0.39 is 5.67 Å². The third kappa shape index (κ3) is 4.23. The van der Waals surface area contributed by atoms with Crippen molar-refractivity contribution in [1.29, 1.82) is 0 Å². The smallest absolute Gasteiger partial charge is 0.272 e. The minimum Gasteiger partial charge on any atom is -0.348 e. The molecule has 1 aliphatic rings. The van der Waals surface area contributed by atoms with Gasteiger partial charge in [0, 0.05) is 37.8 Å². The van der Waals surface area contributed by atoms with Gasteiger partial charge in [0.25, 0.3) is 5.91 Å². The van der Waals surface area contributed by atoms with E-state index in [1.54, 1.807) is 13.8 Å². The standard InChI is InChI=1S/C20H29FN4O/c1-14(2)18-23-17(16-7-5-6-10-25(16)18)19(26)22-15-8-11-24(12-9-15)13-20(3,4)21/h5-7,10,14-15H,8-9,11-13H2,1-4H3,(H,22,26). The fourth-order valence-electron chi connectivity index (χ4n) is 3.66. The number of carbonyl (C=O) groups is 1. The van der Waals surface area contributed by atoms with Crippen LogP contribution in [0.25, 0.3) is 5.52 Å². The zero-order chi connectivity index (χ0) is 18.9. The highest BCUT2D eigenvalue weighted by Gasteiger charge is 2.27. The first-order valence-corrected chi connectivity index (χ1v) is 9.44. The predicted octanol–water partition coefficient (Wildman–Crippen LogP) is 3.40. The van der Waals surface area contributed by atoms with Crippen molar-refractivity contribution in [2.75, 3.05) is 19.6 Å². The molecule has 142 valence electrons. The summed E-state index contributed by atoms with van der Waals surface area (Å²) in [6.07, 6.45) is 3.63. The predicted molar refractivity (Wildman–Crippen MR) is 101 cm³/mol. The lowest BCUT2D eigenvalue weighted by Gasteiger charge is -2.34. The quantitative estimate of drug-likeness (QED) is 0.889. The van der Waals surface area contributed by atoms with Gasteiger partial charge in [-0.3, -0.25) is 4.79 Å². The molecular weight excluding hydrogens is 331 g/mol. The maximum absolute atomic E-state index is 13.8. The molecule has 1 amide bonds. The van der Waals surface area contributed by atoms with E-state index >= 15 is 0 Å². The SMILES string of the molecule is CC(C)c1nc(C(=O)NC2CCN(CC(C)(C)F)CC2)c2ccccn12. The highest BCUT2D eigenvalue weighted by Crippen LogP contribution is 2.21. The van der Waals surface area contributed by atoms with Crippen LogP contribution in [0.5, 0.6) is 0 Å². The maximum atomic E-state index is 13.8. The van der Waals surface area contributed by atoms with E-state index in [2.05, 4.69) is 29.0 Å². The Kier molecular flexibility index (Phi) is 5.32. The molecule has 26 heavy (non-hydrogen) atoms. The fourth-order valence-corrected chi connectivity index (χ4v) is 3.66. The molecule has 0 aromatic carbocycles. The number of aromatic nitrogens is 2. The monoisotopic (exact) mass is 360 g/mol. The van der Waals surface area contributed by atoms with Crippen LogP contribution in [0.1, 0.15) is 62.8 Å². The number of halogens is 1. The Hall–Kier alpha value is -1.95. The van der Waals surface area contributed by atoms with Crippen molar-refractivity contribution in [3.8, 4) is 0 Å². The first kappa shape index (κ1) is 18.8. The molecule has 5 nitrogen and oxygen atoms in total. The third-order valence-corrected chi connectivity index (χ3v) is 4.83. The normalized spacial score (nSPS) is 17.2. The largest absolute Gasteiger partial charge is 0.348 e. The minimum absolute atomic E-state index is 0.115. The van der Waals surface area contributed by atoms with Gasteiger partial charge in [0.1, 0.15) is 11.5 Å². The number of hydrogen-bond acceptors (Lipinski definition) is 3. The summed E-state index contributed by atoms with van der Waals surface area (Å²) < 4.78 is 15.8. The van der Waals surface area contributed by atoms with Crippen molar-refractivity contribution >= 4 is 11.4 Å². The molecule has 3 rings (SSSR count). The van der Waals surface area contributed by atoms with E-state index in [9.17, 15) is 9.18 Å². The molecule has 0 atom stereocenters. The number of nitrogens with zero attached hydrogens (tertiary/aromatic N) is 3. The number of carbonyl (C=O) groups excluding carboxylic acids is 1. The van der Waals surface area contributed by atoms with E-state index in [-0.39, 0.29) is 17.9 Å². The number of fused-ring (bicyclic) bond motifs is 1. The average Bonchev–Trinajstić information content (AvgIpc) is 2.95. The molecule has 6 heteroatoms. The van der Waals surface area contributed by atoms with Crippen molar-refractivity contribution in [2.24, 2.45) is 0 Å². The number of piperidine rings is 1. The van der Waals surface area contributed by atoms with Crippen molar-refractivity contribution < 1.29 is 9.18 Å². The Balaban J connectivity index is 1.67. The molecule has 1 saturated heterocycles. The lowest BCUT2D eigenvalue weighted by Crippen LogP contribution is -2.47. The van der Waals surface area contributed by atoms with Gasteiger partial charge in [-0.25, -0.2) is 9.37 Å². The first-order chi connectivity index (χ1) is 12.2. The van der Waals surface area contributed by atoms with E-state index in [1.165, 1.54) is 0 Å². The summed E-state index contributed by atoms with van der Waals surface area (Å²) in [5, 5.41) is 3.13. The van der Waals surface area contributed by atoms with Gasteiger partial charge in [0.15, 0.2) is 5.69 Å².